The second kappa shape index (κ2) is 5.29. The van der Waals surface area contributed by atoms with Gasteiger partial charge in [0.05, 0.1) is 24.3 Å². The Morgan fingerprint density at radius 2 is 2.25 bits per heavy atom. The molecule has 1 aliphatic rings. The summed E-state index contributed by atoms with van der Waals surface area (Å²) in [6.07, 6.45) is 5.66. The van der Waals surface area contributed by atoms with Gasteiger partial charge in [0.2, 0.25) is 0 Å². The van der Waals surface area contributed by atoms with Crippen molar-refractivity contribution in [2.45, 2.75) is 45.4 Å². The minimum atomic E-state index is -0.529. The van der Waals surface area contributed by atoms with Gasteiger partial charge in [-0.25, -0.2) is 4.98 Å². The summed E-state index contributed by atoms with van der Waals surface area (Å²) >= 11 is 0. The monoisotopic (exact) mass is 272 g/mol. The summed E-state index contributed by atoms with van der Waals surface area (Å²) in [5.74, 6) is 0.753. The fourth-order valence-corrected chi connectivity index (χ4v) is 2.39. The van der Waals surface area contributed by atoms with Crippen LogP contribution in [0.5, 0.6) is 5.75 Å². The van der Waals surface area contributed by atoms with Gasteiger partial charge in [0.1, 0.15) is 12.4 Å². The van der Waals surface area contributed by atoms with Crippen molar-refractivity contribution in [3.8, 4) is 5.75 Å². The first kappa shape index (κ1) is 13.2. The van der Waals surface area contributed by atoms with Crippen LogP contribution in [-0.2, 0) is 6.61 Å². The highest BCUT2D eigenvalue weighted by Gasteiger charge is 2.25. The van der Waals surface area contributed by atoms with E-state index in [1.54, 1.807) is 6.92 Å². The van der Waals surface area contributed by atoms with Gasteiger partial charge in [-0.1, -0.05) is 12.1 Å². The zero-order valence-electron chi connectivity index (χ0n) is 11.9. The molecule has 1 atom stereocenters. The van der Waals surface area contributed by atoms with Gasteiger partial charge in [-0.2, -0.15) is 0 Å². The lowest BCUT2D eigenvalue weighted by atomic mass is 10.1. The Kier molecular flexibility index (Phi) is 3.49. The fraction of sp³-hybridized carbons (Fsp3) is 0.438. The van der Waals surface area contributed by atoms with E-state index in [-0.39, 0.29) is 0 Å². The molecule has 3 rings (SSSR count). The number of rotatable bonds is 5. The van der Waals surface area contributed by atoms with Gasteiger partial charge in [0.25, 0.3) is 0 Å². The van der Waals surface area contributed by atoms with Crippen LogP contribution in [-0.4, -0.2) is 14.7 Å². The Hall–Kier alpha value is -1.81. The van der Waals surface area contributed by atoms with Crippen LogP contribution >= 0.6 is 0 Å². The molecular formula is C16H20N2O2. The Morgan fingerprint density at radius 3 is 2.95 bits per heavy atom. The van der Waals surface area contributed by atoms with Crippen molar-refractivity contribution < 1.29 is 9.84 Å². The molecule has 0 spiro atoms. The van der Waals surface area contributed by atoms with Gasteiger partial charge >= 0.3 is 0 Å². The van der Waals surface area contributed by atoms with Crippen LogP contribution < -0.4 is 4.74 Å². The van der Waals surface area contributed by atoms with Crippen LogP contribution in [0, 0.1) is 6.92 Å². The zero-order valence-corrected chi connectivity index (χ0v) is 11.9. The van der Waals surface area contributed by atoms with Crippen molar-refractivity contribution >= 4 is 0 Å². The van der Waals surface area contributed by atoms with Gasteiger partial charge < -0.3 is 14.4 Å². The van der Waals surface area contributed by atoms with E-state index < -0.39 is 6.10 Å². The Labute approximate surface area is 119 Å². The number of aromatic nitrogens is 2. The lowest BCUT2D eigenvalue weighted by molar-refractivity contribution is 0.189. The SMILES string of the molecule is Cc1ccc(C(C)O)c(OCc2cncn2C2CC2)c1. The third-order valence-corrected chi connectivity index (χ3v) is 3.68. The lowest BCUT2D eigenvalue weighted by Gasteiger charge is -2.15. The summed E-state index contributed by atoms with van der Waals surface area (Å²) in [5.41, 5.74) is 3.04. The summed E-state index contributed by atoms with van der Waals surface area (Å²) in [4.78, 5) is 4.20. The van der Waals surface area contributed by atoms with E-state index in [0.717, 1.165) is 22.6 Å². The highest BCUT2D eigenvalue weighted by Crippen LogP contribution is 2.36. The van der Waals surface area contributed by atoms with Crippen LogP contribution in [0.2, 0.25) is 0 Å². The third kappa shape index (κ3) is 2.70. The first-order chi connectivity index (χ1) is 9.65. The van der Waals surface area contributed by atoms with Crippen LogP contribution in [0.3, 0.4) is 0 Å². The van der Waals surface area contributed by atoms with Crippen molar-refractivity contribution in [2.24, 2.45) is 0 Å². The first-order valence-corrected chi connectivity index (χ1v) is 7.07. The van der Waals surface area contributed by atoms with E-state index >= 15 is 0 Å². The van der Waals surface area contributed by atoms with Crippen molar-refractivity contribution in [2.75, 3.05) is 0 Å². The van der Waals surface area contributed by atoms with Gasteiger partial charge in [0.15, 0.2) is 0 Å². The highest BCUT2D eigenvalue weighted by atomic mass is 16.5. The lowest BCUT2D eigenvalue weighted by Crippen LogP contribution is -2.06. The van der Waals surface area contributed by atoms with Crippen molar-refractivity contribution in [1.82, 2.24) is 9.55 Å². The van der Waals surface area contributed by atoms with Gasteiger partial charge in [-0.15, -0.1) is 0 Å². The molecule has 1 heterocycles. The third-order valence-electron chi connectivity index (χ3n) is 3.68. The Morgan fingerprint density at radius 1 is 1.45 bits per heavy atom. The second-order valence-corrected chi connectivity index (χ2v) is 5.53. The molecule has 1 N–H and O–H groups in total. The van der Waals surface area contributed by atoms with E-state index in [0.29, 0.717) is 12.6 Å². The normalized spacial score (nSPS) is 16.1. The quantitative estimate of drug-likeness (QED) is 0.909. The molecule has 1 unspecified atom stereocenters. The summed E-state index contributed by atoms with van der Waals surface area (Å²) in [7, 11) is 0. The summed E-state index contributed by atoms with van der Waals surface area (Å²) in [6.45, 7) is 4.26. The number of nitrogens with zero attached hydrogens (tertiary/aromatic N) is 2. The van der Waals surface area contributed by atoms with Crippen LogP contribution in [0.4, 0.5) is 0 Å². The van der Waals surface area contributed by atoms with E-state index in [9.17, 15) is 5.11 Å². The molecule has 0 saturated heterocycles. The molecule has 2 aromatic rings. The number of aryl methyl sites for hydroxylation is 1. The molecule has 1 aromatic heterocycles. The molecule has 0 amide bonds. The van der Waals surface area contributed by atoms with Crippen molar-refractivity contribution in [3.63, 3.8) is 0 Å². The Balaban J connectivity index is 1.77. The van der Waals surface area contributed by atoms with Crippen LogP contribution in [0.1, 0.15) is 48.7 Å². The maximum Gasteiger partial charge on any atom is 0.130 e. The summed E-state index contributed by atoms with van der Waals surface area (Å²) in [5, 5.41) is 9.81. The van der Waals surface area contributed by atoms with Crippen molar-refractivity contribution in [3.05, 3.63) is 47.5 Å². The maximum atomic E-state index is 9.81. The molecule has 1 saturated carbocycles. The molecule has 20 heavy (non-hydrogen) atoms. The van der Waals surface area contributed by atoms with Gasteiger partial charge in [-0.3, -0.25) is 0 Å². The predicted octanol–water partition coefficient (Wildman–Crippen LogP) is 3.16. The number of benzene rings is 1. The molecule has 1 aliphatic carbocycles. The molecule has 0 bridgehead atoms. The number of ether oxygens (including phenoxy) is 1. The number of hydrogen-bond donors (Lipinski definition) is 1. The molecule has 4 heteroatoms. The van der Waals surface area contributed by atoms with E-state index in [2.05, 4.69) is 9.55 Å². The first-order valence-electron chi connectivity index (χ1n) is 7.07. The van der Waals surface area contributed by atoms with E-state index in [4.69, 9.17) is 4.74 Å². The standard InChI is InChI=1S/C16H20N2O2/c1-11-3-6-15(12(2)19)16(7-11)20-9-14-8-17-10-18(14)13-4-5-13/h3,6-8,10,12-13,19H,4-5,9H2,1-2H3. The largest absolute Gasteiger partial charge is 0.487 e. The zero-order chi connectivity index (χ0) is 14.1. The van der Waals surface area contributed by atoms with Gasteiger partial charge in [-0.05, 0) is 38.3 Å². The number of aliphatic hydroxyl groups is 1. The molecule has 1 aromatic carbocycles. The fourth-order valence-electron chi connectivity index (χ4n) is 2.39. The summed E-state index contributed by atoms with van der Waals surface area (Å²) in [6, 6.07) is 6.49. The minimum absolute atomic E-state index is 0.486. The van der Waals surface area contributed by atoms with E-state index in [1.807, 2.05) is 37.6 Å². The smallest absolute Gasteiger partial charge is 0.130 e. The highest BCUT2D eigenvalue weighted by molar-refractivity contribution is 5.38. The molecule has 0 radical (unpaired) electrons. The number of aliphatic hydroxyl groups excluding tert-OH is 1. The molecular weight excluding hydrogens is 252 g/mol. The van der Waals surface area contributed by atoms with Crippen molar-refractivity contribution in [1.29, 1.82) is 0 Å². The minimum Gasteiger partial charge on any atom is -0.487 e. The van der Waals surface area contributed by atoms with Crippen LogP contribution in [0.15, 0.2) is 30.7 Å². The average molecular weight is 272 g/mol. The molecule has 0 aliphatic heterocycles. The number of hydrogen-bond acceptors (Lipinski definition) is 3. The number of imidazole rings is 1. The second-order valence-electron chi connectivity index (χ2n) is 5.53. The van der Waals surface area contributed by atoms with Gasteiger partial charge in [0, 0.05) is 11.6 Å². The van der Waals surface area contributed by atoms with E-state index in [1.165, 1.54) is 12.8 Å². The van der Waals surface area contributed by atoms with Crippen LogP contribution in [0.25, 0.3) is 0 Å². The Bertz CT molecular complexity index is 600. The molecule has 4 nitrogen and oxygen atoms in total. The maximum absolute atomic E-state index is 9.81. The average Bonchev–Trinajstić information content (AvgIpc) is 3.15. The topological polar surface area (TPSA) is 47.3 Å². The molecule has 106 valence electrons. The molecule has 1 fully saturated rings. The predicted molar refractivity (Wildman–Crippen MR) is 76.6 cm³/mol. The summed E-state index contributed by atoms with van der Waals surface area (Å²) < 4.78 is 8.11.